The maximum Gasteiger partial charge on any atom is 0.309 e. The first-order valence-electron chi connectivity index (χ1n) is 4.54. The van der Waals surface area contributed by atoms with E-state index >= 15 is 0 Å². The zero-order valence-corrected chi connectivity index (χ0v) is 7.08. The molecule has 3 heteroatoms. The van der Waals surface area contributed by atoms with Crippen LogP contribution in [0.25, 0.3) is 0 Å². The number of carboxylic acid groups (broad SMARTS) is 1. The summed E-state index contributed by atoms with van der Waals surface area (Å²) in [5.41, 5.74) is -0.349. The van der Waals surface area contributed by atoms with E-state index in [-0.39, 0.29) is 5.41 Å². The second-order valence-corrected chi connectivity index (χ2v) is 4.02. The van der Waals surface area contributed by atoms with Gasteiger partial charge in [-0.15, -0.1) is 0 Å². The number of ether oxygens (including phenoxy) is 1. The fraction of sp³-hybridized carbons (Fsp3) is 0.889. The molecule has 1 heterocycles. The Morgan fingerprint density at radius 2 is 2.33 bits per heavy atom. The Morgan fingerprint density at radius 1 is 1.58 bits per heavy atom. The third kappa shape index (κ3) is 1.33. The number of aliphatic carboxylic acids is 1. The van der Waals surface area contributed by atoms with Gasteiger partial charge in [0.15, 0.2) is 0 Å². The zero-order valence-electron chi connectivity index (χ0n) is 7.08. The Hall–Kier alpha value is -0.570. The van der Waals surface area contributed by atoms with Gasteiger partial charge in [-0.1, -0.05) is 0 Å². The van der Waals surface area contributed by atoms with Crippen LogP contribution < -0.4 is 0 Å². The highest BCUT2D eigenvalue weighted by Crippen LogP contribution is 2.51. The lowest BCUT2D eigenvalue weighted by molar-refractivity contribution is -0.144. The Labute approximate surface area is 71.7 Å². The Kier molecular flexibility index (Phi) is 1.83. The average molecular weight is 170 g/mol. The number of carboxylic acids is 1. The Balaban J connectivity index is 1.89. The van der Waals surface area contributed by atoms with Crippen LogP contribution in [0.3, 0.4) is 0 Å². The highest BCUT2D eigenvalue weighted by molar-refractivity contribution is 5.77. The van der Waals surface area contributed by atoms with Crippen LogP contribution in [-0.2, 0) is 9.53 Å². The first kappa shape index (κ1) is 8.05. The van der Waals surface area contributed by atoms with Gasteiger partial charge in [0.05, 0.1) is 5.41 Å². The molecule has 0 spiro atoms. The van der Waals surface area contributed by atoms with Crippen LogP contribution >= 0.6 is 0 Å². The van der Waals surface area contributed by atoms with E-state index in [1.165, 1.54) is 0 Å². The van der Waals surface area contributed by atoms with Crippen LogP contribution in [-0.4, -0.2) is 24.3 Å². The molecule has 2 rings (SSSR count). The van der Waals surface area contributed by atoms with Crippen molar-refractivity contribution in [2.24, 2.45) is 11.3 Å². The molecule has 1 aliphatic heterocycles. The van der Waals surface area contributed by atoms with Gasteiger partial charge in [-0.25, -0.2) is 0 Å². The van der Waals surface area contributed by atoms with Crippen LogP contribution in [0.5, 0.6) is 0 Å². The van der Waals surface area contributed by atoms with Crippen LogP contribution in [0.15, 0.2) is 0 Å². The molecule has 1 unspecified atom stereocenters. The summed E-state index contributed by atoms with van der Waals surface area (Å²) < 4.78 is 5.22. The zero-order chi connectivity index (χ0) is 8.60. The molecule has 1 atom stereocenters. The van der Waals surface area contributed by atoms with Gasteiger partial charge in [0.1, 0.15) is 0 Å². The molecule has 0 amide bonds. The van der Waals surface area contributed by atoms with Crippen LogP contribution in [0.4, 0.5) is 0 Å². The first-order valence-corrected chi connectivity index (χ1v) is 4.54. The van der Waals surface area contributed by atoms with Gasteiger partial charge in [-0.05, 0) is 31.6 Å². The summed E-state index contributed by atoms with van der Waals surface area (Å²) in [5.74, 6) is -0.0991. The van der Waals surface area contributed by atoms with E-state index < -0.39 is 5.97 Å². The molecule has 0 radical (unpaired) electrons. The van der Waals surface area contributed by atoms with Crippen molar-refractivity contribution in [3.8, 4) is 0 Å². The van der Waals surface area contributed by atoms with Gasteiger partial charge in [-0.2, -0.15) is 0 Å². The van der Waals surface area contributed by atoms with Crippen molar-refractivity contribution in [1.29, 1.82) is 0 Å². The molecule has 0 aromatic rings. The SMILES string of the molecule is O=C(O)C1(CC2CCOC2)CC1. The standard InChI is InChI=1S/C9H14O3/c10-8(11)9(2-3-9)5-7-1-4-12-6-7/h7H,1-6H2,(H,10,11). The third-order valence-electron chi connectivity index (χ3n) is 3.01. The minimum Gasteiger partial charge on any atom is -0.481 e. The molecule has 2 aliphatic rings. The van der Waals surface area contributed by atoms with E-state index in [2.05, 4.69) is 0 Å². The van der Waals surface area contributed by atoms with E-state index in [9.17, 15) is 4.79 Å². The van der Waals surface area contributed by atoms with Crippen molar-refractivity contribution in [2.75, 3.05) is 13.2 Å². The summed E-state index contributed by atoms with van der Waals surface area (Å²) in [6.07, 6.45) is 3.63. The lowest BCUT2D eigenvalue weighted by Gasteiger charge is -2.13. The molecule has 1 aliphatic carbocycles. The summed E-state index contributed by atoms with van der Waals surface area (Å²) in [7, 11) is 0. The second-order valence-electron chi connectivity index (χ2n) is 4.02. The van der Waals surface area contributed by atoms with Crippen molar-refractivity contribution in [3.05, 3.63) is 0 Å². The van der Waals surface area contributed by atoms with E-state index in [4.69, 9.17) is 9.84 Å². The molecule has 68 valence electrons. The molecular formula is C9H14O3. The van der Waals surface area contributed by atoms with Crippen molar-refractivity contribution >= 4 is 5.97 Å². The molecule has 12 heavy (non-hydrogen) atoms. The van der Waals surface area contributed by atoms with Crippen molar-refractivity contribution < 1.29 is 14.6 Å². The lowest BCUT2D eigenvalue weighted by Crippen LogP contribution is -2.19. The molecule has 0 aromatic heterocycles. The fourth-order valence-corrected chi connectivity index (χ4v) is 1.95. The van der Waals surface area contributed by atoms with Gasteiger partial charge in [0, 0.05) is 13.2 Å². The average Bonchev–Trinajstić information content (AvgIpc) is 2.60. The largest absolute Gasteiger partial charge is 0.481 e. The quantitative estimate of drug-likeness (QED) is 0.694. The molecule has 1 saturated carbocycles. The smallest absolute Gasteiger partial charge is 0.309 e. The highest BCUT2D eigenvalue weighted by Gasteiger charge is 2.51. The van der Waals surface area contributed by atoms with Crippen molar-refractivity contribution in [1.82, 2.24) is 0 Å². The van der Waals surface area contributed by atoms with E-state index in [0.717, 1.165) is 38.9 Å². The van der Waals surface area contributed by atoms with E-state index in [1.54, 1.807) is 0 Å². The van der Waals surface area contributed by atoms with Gasteiger partial charge in [0.25, 0.3) is 0 Å². The summed E-state index contributed by atoms with van der Waals surface area (Å²) in [6.45, 7) is 1.59. The number of hydrogen-bond acceptors (Lipinski definition) is 2. The van der Waals surface area contributed by atoms with E-state index in [0.29, 0.717) is 5.92 Å². The van der Waals surface area contributed by atoms with Gasteiger partial charge < -0.3 is 9.84 Å². The molecule has 0 bridgehead atoms. The molecular weight excluding hydrogens is 156 g/mol. The molecule has 3 nitrogen and oxygen atoms in total. The second kappa shape index (κ2) is 2.73. The highest BCUT2D eigenvalue weighted by atomic mass is 16.5. The topological polar surface area (TPSA) is 46.5 Å². The van der Waals surface area contributed by atoms with Crippen LogP contribution in [0.1, 0.15) is 25.7 Å². The van der Waals surface area contributed by atoms with Crippen molar-refractivity contribution in [3.63, 3.8) is 0 Å². The molecule has 2 fully saturated rings. The normalized spacial score (nSPS) is 31.8. The van der Waals surface area contributed by atoms with Crippen LogP contribution in [0.2, 0.25) is 0 Å². The summed E-state index contributed by atoms with van der Waals surface area (Å²) >= 11 is 0. The van der Waals surface area contributed by atoms with Crippen LogP contribution in [0, 0.1) is 11.3 Å². The monoisotopic (exact) mass is 170 g/mol. The number of hydrogen-bond donors (Lipinski definition) is 1. The third-order valence-corrected chi connectivity index (χ3v) is 3.01. The maximum atomic E-state index is 10.8. The fourth-order valence-electron chi connectivity index (χ4n) is 1.95. The summed E-state index contributed by atoms with van der Waals surface area (Å²) in [5, 5.41) is 8.92. The predicted octanol–water partition coefficient (Wildman–Crippen LogP) is 1.28. The van der Waals surface area contributed by atoms with Crippen molar-refractivity contribution in [2.45, 2.75) is 25.7 Å². The Morgan fingerprint density at radius 3 is 2.75 bits per heavy atom. The predicted molar refractivity (Wildman–Crippen MR) is 42.8 cm³/mol. The molecule has 1 N–H and O–H groups in total. The van der Waals surface area contributed by atoms with E-state index in [1.807, 2.05) is 0 Å². The minimum absolute atomic E-state index is 0.349. The summed E-state index contributed by atoms with van der Waals surface area (Å²) in [4.78, 5) is 10.8. The lowest BCUT2D eigenvalue weighted by atomic mass is 9.91. The maximum absolute atomic E-state index is 10.8. The number of rotatable bonds is 3. The van der Waals surface area contributed by atoms with Gasteiger partial charge in [-0.3, -0.25) is 4.79 Å². The minimum atomic E-state index is -0.602. The van der Waals surface area contributed by atoms with Gasteiger partial charge in [0.2, 0.25) is 0 Å². The number of carbonyl (C=O) groups is 1. The van der Waals surface area contributed by atoms with Gasteiger partial charge >= 0.3 is 5.97 Å². The molecule has 1 saturated heterocycles. The summed E-state index contributed by atoms with van der Waals surface area (Å²) in [6, 6.07) is 0. The Bertz CT molecular complexity index is 190. The first-order chi connectivity index (χ1) is 5.73. The molecule has 0 aromatic carbocycles.